The van der Waals surface area contributed by atoms with Gasteiger partial charge in [0, 0.05) is 30.6 Å². The highest BCUT2D eigenvalue weighted by atomic mass is 19.3. The largest absolute Gasteiger partial charge is 0.376 e. The van der Waals surface area contributed by atoms with Gasteiger partial charge in [-0.2, -0.15) is 13.9 Å². The second-order valence-corrected chi connectivity index (χ2v) is 7.69. The highest BCUT2D eigenvalue weighted by Gasteiger charge is 2.46. The molecular weight excluding hydrogens is 411 g/mol. The van der Waals surface area contributed by atoms with Crippen LogP contribution in [0.15, 0.2) is 18.2 Å². The average Bonchev–Trinajstić information content (AvgIpc) is 3.06. The molecule has 31 heavy (non-hydrogen) atoms. The minimum absolute atomic E-state index is 0.0998. The summed E-state index contributed by atoms with van der Waals surface area (Å²) < 4.78 is 44.4. The van der Waals surface area contributed by atoms with Crippen LogP contribution in [-0.2, 0) is 25.4 Å². The summed E-state index contributed by atoms with van der Waals surface area (Å²) >= 11 is 0. The van der Waals surface area contributed by atoms with E-state index in [0.29, 0.717) is 5.69 Å². The van der Waals surface area contributed by atoms with Gasteiger partial charge in [-0.3, -0.25) is 4.68 Å². The molecule has 2 aromatic rings. The number of hydrogen-bond donors (Lipinski definition) is 2. The van der Waals surface area contributed by atoms with E-state index in [1.54, 1.807) is 0 Å². The molecule has 1 aromatic carbocycles. The lowest BCUT2D eigenvalue weighted by atomic mass is 9.96. The molecule has 10 heteroatoms. The van der Waals surface area contributed by atoms with Gasteiger partial charge in [0.15, 0.2) is 0 Å². The summed E-state index contributed by atoms with van der Waals surface area (Å²) in [7, 11) is 0. The number of benzene rings is 1. The lowest BCUT2D eigenvalue weighted by Gasteiger charge is -2.28. The van der Waals surface area contributed by atoms with Crippen molar-refractivity contribution in [3.8, 4) is 12.3 Å². The standard InChI is InChI=1S/C21H18F3N5O2/c1-3-20(31)7-8-21(23,24)18-14-11-28(9-6-16(14)27-29(18)12-20)19(30)26-13-4-5-15(22)17(10-13)25-2/h1,4-5,10,31H,6-9,11-12H2,(H,26,30). The Hall–Kier alpha value is -3.50. The second-order valence-electron chi connectivity index (χ2n) is 7.69. The summed E-state index contributed by atoms with van der Waals surface area (Å²) in [4.78, 5) is 17.1. The summed E-state index contributed by atoms with van der Waals surface area (Å²) in [6, 6.07) is 3.03. The fourth-order valence-corrected chi connectivity index (χ4v) is 3.93. The molecule has 2 aliphatic rings. The van der Waals surface area contributed by atoms with Crippen LogP contribution in [0, 0.1) is 24.7 Å². The number of terminal acetylenes is 1. The maximum Gasteiger partial charge on any atom is 0.322 e. The third-order valence-electron chi connectivity index (χ3n) is 5.59. The highest BCUT2D eigenvalue weighted by Crippen LogP contribution is 2.42. The van der Waals surface area contributed by atoms with Gasteiger partial charge >= 0.3 is 6.03 Å². The fourth-order valence-electron chi connectivity index (χ4n) is 3.93. The molecule has 2 N–H and O–H groups in total. The maximum atomic E-state index is 14.9. The molecule has 0 fully saturated rings. The van der Waals surface area contributed by atoms with Crippen molar-refractivity contribution in [3.63, 3.8) is 0 Å². The zero-order valence-corrected chi connectivity index (χ0v) is 16.3. The van der Waals surface area contributed by atoms with E-state index in [2.05, 4.69) is 21.2 Å². The number of nitrogens with zero attached hydrogens (tertiary/aromatic N) is 4. The summed E-state index contributed by atoms with van der Waals surface area (Å²) in [6.45, 7) is 6.85. The SMILES string of the molecule is [C-]#[N+]c1cc(NC(=O)N2CCc3nn4c(c3C2)C(F)(F)CCC(O)(C#C)C4)ccc1F. The Kier molecular flexibility index (Phi) is 4.91. The Bertz CT molecular complexity index is 1150. The molecule has 2 amide bonds. The first-order chi connectivity index (χ1) is 14.7. The van der Waals surface area contributed by atoms with Crippen molar-refractivity contribution >= 4 is 17.4 Å². The van der Waals surface area contributed by atoms with Crippen molar-refractivity contribution in [2.45, 2.75) is 43.9 Å². The van der Waals surface area contributed by atoms with Gasteiger partial charge in [0.1, 0.15) is 17.1 Å². The third kappa shape index (κ3) is 3.71. The van der Waals surface area contributed by atoms with Gasteiger partial charge in [-0.05, 0) is 24.6 Å². The van der Waals surface area contributed by atoms with Crippen LogP contribution in [0.25, 0.3) is 4.85 Å². The number of carbonyl (C=O) groups is 1. The molecule has 1 aromatic heterocycles. The number of fused-ring (bicyclic) bond motifs is 3. The Morgan fingerprint density at radius 1 is 1.39 bits per heavy atom. The normalized spacial score (nSPS) is 21.8. The minimum atomic E-state index is -3.26. The smallest absolute Gasteiger partial charge is 0.322 e. The Morgan fingerprint density at radius 2 is 2.16 bits per heavy atom. The van der Waals surface area contributed by atoms with E-state index in [1.165, 1.54) is 17.0 Å². The van der Waals surface area contributed by atoms with Crippen LogP contribution in [-0.4, -0.2) is 38.0 Å². The molecule has 0 saturated carbocycles. The maximum absolute atomic E-state index is 14.9. The van der Waals surface area contributed by atoms with E-state index >= 15 is 0 Å². The van der Waals surface area contributed by atoms with E-state index in [9.17, 15) is 23.1 Å². The molecule has 4 rings (SSSR count). The molecule has 2 aliphatic heterocycles. The van der Waals surface area contributed by atoms with Crippen molar-refractivity contribution in [2.75, 3.05) is 11.9 Å². The summed E-state index contributed by atoms with van der Waals surface area (Å²) in [5, 5.41) is 17.2. The lowest BCUT2D eigenvalue weighted by Crippen LogP contribution is -2.39. The van der Waals surface area contributed by atoms with Gasteiger partial charge in [-0.25, -0.2) is 14.0 Å². The fraction of sp³-hybridized carbons (Fsp3) is 0.381. The molecule has 3 heterocycles. The van der Waals surface area contributed by atoms with Gasteiger partial charge in [0.2, 0.25) is 5.69 Å². The number of aliphatic hydroxyl groups is 1. The summed E-state index contributed by atoms with van der Waals surface area (Å²) in [5.74, 6) is -1.78. The van der Waals surface area contributed by atoms with Crippen LogP contribution in [0.1, 0.15) is 29.8 Å². The zero-order chi connectivity index (χ0) is 22.4. The Morgan fingerprint density at radius 3 is 2.87 bits per heavy atom. The molecule has 7 nitrogen and oxygen atoms in total. The molecule has 1 unspecified atom stereocenters. The van der Waals surface area contributed by atoms with Gasteiger partial charge in [-0.1, -0.05) is 5.92 Å². The number of anilines is 1. The van der Waals surface area contributed by atoms with E-state index in [0.717, 1.165) is 10.7 Å². The third-order valence-corrected chi connectivity index (χ3v) is 5.59. The van der Waals surface area contributed by atoms with Crippen LogP contribution < -0.4 is 5.32 Å². The summed E-state index contributed by atoms with van der Waals surface area (Å²) in [5.41, 5.74) is -1.37. The lowest BCUT2D eigenvalue weighted by molar-refractivity contribution is -0.0300. The summed E-state index contributed by atoms with van der Waals surface area (Å²) in [6.07, 6.45) is 4.70. The molecule has 0 bridgehead atoms. The van der Waals surface area contributed by atoms with Gasteiger partial charge < -0.3 is 15.3 Å². The number of hydrogen-bond acceptors (Lipinski definition) is 3. The minimum Gasteiger partial charge on any atom is -0.376 e. The van der Waals surface area contributed by atoms with Gasteiger partial charge in [0.25, 0.3) is 5.92 Å². The first kappa shape index (κ1) is 20.8. The molecule has 0 aliphatic carbocycles. The number of halogens is 3. The number of rotatable bonds is 1. The second kappa shape index (κ2) is 7.33. The molecule has 1 atom stereocenters. The van der Waals surface area contributed by atoms with Crippen LogP contribution in [0.4, 0.5) is 29.3 Å². The van der Waals surface area contributed by atoms with E-state index < -0.39 is 29.8 Å². The number of aromatic nitrogens is 2. The van der Waals surface area contributed by atoms with Crippen molar-refractivity contribution in [1.82, 2.24) is 14.7 Å². The van der Waals surface area contributed by atoms with E-state index in [4.69, 9.17) is 13.0 Å². The van der Waals surface area contributed by atoms with Crippen LogP contribution in [0.2, 0.25) is 0 Å². The topological polar surface area (TPSA) is 74.8 Å². The van der Waals surface area contributed by atoms with Crippen molar-refractivity contribution in [2.24, 2.45) is 0 Å². The Balaban J connectivity index is 1.60. The first-order valence-electron chi connectivity index (χ1n) is 9.56. The predicted octanol–water partition coefficient (Wildman–Crippen LogP) is 3.41. The van der Waals surface area contributed by atoms with Gasteiger partial charge in [0.05, 0.1) is 25.4 Å². The molecule has 0 spiro atoms. The number of amides is 2. The van der Waals surface area contributed by atoms with Crippen LogP contribution in [0.5, 0.6) is 0 Å². The first-order valence-corrected chi connectivity index (χ1v) is 9.56. The number of nitrogens with one attached hydrogen (secondary N) is 1. The molecule has 0 saturated heterocycles. The molecule has 160 valence electrons. The quantitative estimate of drug-likeness (QED) is 0.539. The number of carbonyl (C=O) groups excluding carboxylic acids is 1. The average molecular weight is 429 g/mol. The molecular formula is C21H18F3N5O2. The number of urea groups is 1. The van der Waals surface area contributed by atoms with Crippen molar-refractivity contribution in [3.05, 3.63) is 52.4 Å². The number of alkyl halides is 2. The Labute approximate surface area is 176 Å². The van der Waals surface area contributed by atoms with Crippen LogP contribution >= 0.6 is 0 Å². The zero-order valence-electron chi connectivity index (χ0n) is 16.3. The predicted molar refractivity (Wildman–Crippen MR) is 105 cm³/mol. The van der Waals surface area contributed by atoms with E-state index in [1.807, 2.05) is 0 Å². The monoisotopic (exact) mass is 429 g/mol. The highest BCUT2D eigenvalue weighted by molar-refractivity contribution is 5.90. The van der Waals surface area contributed by atoms with Crippen LogP contribution in [0.3, 0.4) is 0 Å². The van der Waals surface area contributed by atoms with Crippen molar-refractivity contribution in [1.29, 1.82) is 0 Å². The van der Waals surface area contributed by atoms with Crippen molar-refractivity contribution < 1.29 is 23.1 Å². The molecule has 0 radical (unpaired) electrons. The van der Waals surface area contributed by atoms with Gasteiger partial charge in [-0.15, -0.1) is 6.42 Å². The van der Waals surface area contributed by atoms with E-state index in [-0.39, 0.29) is 55.1 Å².